The number of amides is 1. The number of hydrogen-bond donors (Lipinski definition) is 2. The van der Waals surface area contributed by atoms with Gasteiger partial charge in [-0.05, 0) is 19.1 Å². The van der Waals surface area contributed by atoms with Gasteiger partial charge in [0.1, 0.15) is 17.9 Å². The third-order valence-electron chi connectivity index (χ3n) is 2.32. The molecule has 0 aliphatic heterocycles. The van der Waals surface area contributed by atoms with Crippen molar-refractivity contribution < 1.29 is 9.53 Å². The Morgan fingerprint density at radius 2 is 2.22 bits per heavy atom. The molecule has 6 heteroatoms. The summed E-state index contributed by atoms with van der Waals surface area (Å²) in [4.78, 5) is 15.7. The SMILES string of the molecule is CC(Oc1ccccc1)C(=O)NCc1ncn[nH]1. The number of ether oxygens (including phenoxy) is 1. The lowest BCUT2D eigenvalue weighted by Gasteiger charge is -2.13. The fourth-order valence-electron chi connectivity index (χ4n) is 1.39. The number of aromatic amines is 1. The molecule has 0 aliphatic carbocycles. The van der Waals surface area contributed by atoms with E-state index in [1.165, 1.54) is 6.33 Å². The van der Waals surface area contributed by atoms with Crippen molar-refractivity contribution >= 4 is 5.91 Å². The molecule has 0 bridgehead atoms. The lowest BCUT2D eigenvalue weighted by atomic mass is 10.3. The molecule has 0 fully saturated rings. The van der Waals surface area contributed by atoms with E-state index in [1.54, 1.807) is 19.1 Å². The van der Waals surface area contributed by atoms with Crippen LogP contribution in [0.25, 0.3) is 0 Å². The Bertz CT molecular complexity index is 484. The van der Waals surface area contributed by atoms with Crippen molar-refractivity contribution in [3.05, 3.63) is 42.5 Å². The van der Waals surface area contributed by atoms with Crippen LogP contribution in [0, 0.1) is 0 Å². The van der Waals surface area contributed by atoms with Crippen molar-refractivity contribution in [1.82, 2.24) is 20.5 Å². The first-order valence-electron chi connectivity index (χ1n) is 5.59. The topological polar surface area (TPSA) is 79.9 Å². The Kier molecular flexibility index (Phi) is 3.90. The van der Waals surface area contributed by atoms with Crippen LogP contribution in [-0.4, -0.2) is 27.2 Å². The normalized spacial score (nSPS) is 11.8. The Hall–Kier alpha value is -2.37. The lowest BCUT2D eigenvalue weighted by Crippen LogP contribution is -2.36. The second-order valence-corrected chi connectivity index (χ2v) is 3.72. The summed E-state index contributed by atoms with van der Waals surface area (Å²) in [5, 5.41) is 9.07. The number of nitrogens with one attached hydrogen (secondary N) is 2. The van der Waals surface area contributed by atoms with E-state index < -0.39 is 6.10 Å². The fraction of sp³-hybridized carbons (Fsp3) is 0.250. The number of carbonyl (C=O) groups is 1. The van der Waals surface area contributed by atoms with Crippen molar-refractivity contribution in [2.45, 2.75) is 19.6 Å². The van der Waals surface area contributed by atoms with Crippen LogP contribution in [-0.2, 0) is 11.3 Å². The molecule has 2 aromatic rings. The molecule has 1 amide bonds. The highest BCUT2D eigenvalue weighted by Crippen LogP contribution is 2.10. The highest BCUT2D eigenvalue weighted by molar-refractivity contribution is 5.80. The van der Waals surface area contributed by atoms with E-state index in [4.69, 9.17) is 4.74 Å². The zero-order valence-corrected chi connectivity index (χ0v) is 9.96. The van der Waals surface area contributed by atoms with Crippen LogP contribution in [0.1, 0.15) is 12.7 Å². The van der Waals surface area contributed by atoms with Crippen LogP contribution in [0.5, 0.6) is 5.75 Å². The molecule has 0 saturated heterocycles. The van der Waals surface area contributed by atoms with E-state index in [0.29, 0.717) is 18.1 Å². The summed E-state index contributed by atoms with van der Waals surface area (Å²) >= 11 is 0. The summed E-state index contributed by atoms with van der Waals surface area (Å²) in [7, 11) is 0. The monoisotopic (exact) mass is 246 g/mol. The van der Waals surface area contributed by atoms with Gasteiger partial charge in [0, 0.05) is 0 Å². The van der Waals surface area contributed by atoms with Gasteiger partial charge in [0.25, 0.3) is 5.91 Å². The molecule has 1 heterocycles. The molecule has 0 spiro atoms. The maximum Gasteiger partial charge on any atom is 0.261 e. The molecule has 2 rings (SSSR count). The van der Waals surface area contributed by atoms with Gasteiger partial charge in [0.15, 0.2) is 6.10 Å². The van der Waals surface area contributed by atoms with Gasteiger partial charge < -0.3 is 10.1 Å². The standard InChI is InChI=1S/C12H14N4O2/c1-9(18-10-5-3-2-4-6-10)12(17)13-7-11-14-8-15-16-11/h2-6,8-9H,7H2,1H3,(H,13,17)(H,14,15,16). The van der Waals surface area contributed by atoms with E-state index in [2.05, 4.69) is 20.5 Å². The van der Waals surface area contributed by atoms with Crippen molar-refractivity contribution in [3.8, 4) is 5.75 Å². The highest BCUT2D eigenvalue weighted by Gasteiger charge is 2.14. The molecule has 6 nitrogen and oxygen atoms in total. The van der Waals surface area contributed by atoms with Gasteiger partial charge in [0.2, 0.25) is 0 Å². The first kappa shape index (κ1) is 12.1. The second kappa shape index (κ2) is 5.81. The largest absolute Gasteiger partial charge is 0.481 e. The number of hydrogen-bond acceptors (Lipinski definition) is 4. The fourth-order valence-corrected chi connectivity index (χ4v) is 1.39. The Morgan fingerprint density at radius 3 is 2.89 bits per heavy atom. The number of benzene rings is 1. The minimum absolute atomic E-state index is 0.199. The summed E-state index contributed by atoms with van der Waals surface area (Å²) in [6, 6.07) is 9.21. The summed E-state index contributed by atoms with van der Waals surface area (Å²) in [5.41, 5.74) is 0. The average Bonchev–Trinajstić information content (AvgIpc) is 2.90. The predicted octanol–water partition coefficient (Wildman–Crippen LogP) is 0.888. The van der Waals surface area contributed by atoms with Crippen LogP contribution in [0.15, 0.2) is 36.7 Å². The van der Waals surface area contributed by atoms with Crippen LogP contribution < -0.4 is 10.1 Å². The zero-order valence-electron chi connectivity index (χ0n) is 9.96. The van der Waals surface area contributed by atoms with Gasteiger partial charge in [0.05, 0.1) is 6.54 Å². The van der Waals surface area contributed by atoms with E-state index in [1.807, 2.05) is 18.2 Å². The molecule has 1 aromatic heterocycles. The molecule has 1 atom stereocenters. The highest BCUT2D eigenvalue weighted by atomic mass is 16.5. The average molecular weight is 246 g/mol. The van der Waals surface area contributed by atoms with Gasteiger partial charge in [-0.1, -0.05) is 18.2 Å². The molecule has 0 aliphatic rings. The first-order chi connectivity index (χ1) is 8.75. The van der Waals surface area contributed by atoms with Crippen LogP contribution >= 0.6 is 0 Å². The quantitative estimate of drug-likeness (QED) is 0.821. The Balaban J connectivity index is 1.82. The molecular formula is C12H14N4O2. The number of rotatable bonds is 5. The van der Waals surface area contributed by atoms with E-state index >= 15 is 0 Å². The van der Waals surface area contributed by atoms with Crippen LogP contribution in [0.4, 0.5) is 0 Å². The summed E-state index contributed by atoms with van der Waals surface area (Å²) in [6.45, 7) is 2.00. The number of aromatic nitrogens is 3. The summed E-state index contributed by atoms with van der Waals surface area (Å²) < 4.78 is 5.49. The number of nitrogens with zero attached hydrogens (tertiary/aromatic N) is 2. The Labute approximate surface area is 104 Å². The van der Waals surface area contributed by atoms with Crippen LogP contribution in [0.2, 0.25) is 0 Å². The third-order valence-corrected chi connectivity index (χ3v) is 2.32. The molecule has 2 N–H and O–H groups in total. The molecular weight excluding hydrogens is 232 g/mol. The van der Waals surface area contributed by atoms with E-state index in [0.717, 1.165) is 0 Å². The molecule has 94 valence electrons. The second-order valence-electron chi connectivity index (χ2n) is 3.72. The molecule has 18 heavy (non-hydrogen) atoms. The molecule has 0 radical (unpaired) electrons. The molecule has 1 unspecified atom stereocenters. The maximum atomic E-state index is 11.7. The van der Waals surface area contributed by atoms with Crippen molar-refractivity contribution in [2.24, 2.45) is 0 Å². The van der Waals surface area contributed by atoms with E-state index in [-0.39, 0.29) is 5.91 Å². The first-order valence-corrected chi connectivity index (χ1v) is 5.59. The van der Waals surface area contributed by atoms with Crippen molar-refractivity contribution in [2.75, 3.05) is 0 Å². The predicted molar refractivity (Wildman–Crippen MR) is 64.8 cm³/mol. The van der Waals surface area contributed by atoms with Crippen molar-refractivity contribution in [1.29, 1.82) is 0 Å². The molecule has 0 saturated carbocycles. The number of carbonyl (C=O) groups excluding carboxylic acids is 1. The smallest absolute Gasteiger partial charge is 0.261 e. The number of H-pyrrole nitrogens is 1. The summed E-state index contributed by atoms with van der Waals surface area (Å²) in [5.74, 6) is 1.07. The maximum absolute atomic E-state index is 11.7. The molecule has 1 aromatic carbocycles. The van der Waals surface area contributed by atoms with Gasteiger partial charge in [-0.25, -0.2) is 4.98 Å². The van der Waals surface area contributed by atoms with Gasteiger partial charge in [-0.15, -0.1) is 0 Å². The summed E-state index contributed by atoms with van der Waals surface area (Å²) in [6.07, 6.45) is 0.834. The van der Waals surface area contributed by atoms with Gasteiger partial charge in [-0.2, -0.15) is 5.10 Å². The lowest BCUT2D eigenvalue weighted by molar-refractivity contribution is -0.127. The van der Waals surface area contributed by atoms with Gasteiger partial charge >= 0.3 is 0 Å². The van der Waals surface area contributed by atoms with Crippen molar-refractivity contribution in [3.63, 3.8) is 0 Å². The van der Waals surface area contributed by atoms with Gasteiger partial charge in [-0.3, -0.25) is 9.89 Å². The third kappa shape index (κ3) is 3.31. The zero-order chi connectivity index (χ0) is 12.8. The minimum atomic E-state index is -0.560. The minimum Gasteiger partial charge on any atom is -0.481 e. The number of para-hydroxylation sites is 1. The van der Waals surface area contributed by atoms with Crippen LogP contribution in [0.3, 0.4) is 0 Å². The Morgan fingerprint density at radius 1 is 1.44 bits per heavy atom. The van der Waals surface area contributed by atoms with E-state index in [9.17, 15) is 4.79 Å².